The monoisotopic (exact) mass is 372 g/mol. The molecular weight excluding hydrogens is 344 g/mol. The molecule has 2 aromatic rings. The van der Waals surface area contributed by atoms with Gasteiger partial charge in [0.05, 0.1) is 0 Å². The summed E-state index contributed by atoms with van der Waals surface area (Å²) in [5, 5.41) is 3.22. The summed E-state index contributed by atoms with van der Waals surface area (Å²) < 4.78 is 0. The van der Waals surface area contributed by atoms with Gasteiger partial charge in [0.1, 0.15) is 0 Å². The van der Waals surface area contributed by atoms with Gasteiger partial charge in [-0.25, -0.2) is 0 Å². The van der Waals surface area contributed by atoms with Crippen molar-refractivity contribution in [1.29, 1.82) is 0 Å². The summed E-state index contributed by atoms with van der Waals surface area (Å²) in [6.07, 6.45) is 8.07. The number of carbonyl (C=O) groups excluding carboxylic acids is 1. The van der Waals surface area contributed by atoms with Gasteiger partial charge in [0.25, 0.3) is 5.91 Å². The van der Waals surface area contributed by atoms with Gasteiger partial charge in [0, 0.05) is 30.0 Å². The van der Waals surface area contributed by atoms with Gasteiger partial charge in [-0.3, -0.25) is 4.79 Å². The van der Waals surface area contributed by atoms with E-state index in [9.17, 15) is 4.79 Å². The fourth-order valence-corrected chi connectivity index (χ4v) is 6.63. The fourth-order valence-electron chi connectivity index (χ4n) is 6.63. The lowest BCUT2D eigenvalue weighted by atomic mass is 9.75. The summed E-state index contributed by atoms with van der Waals surface area (Å²) in [5.41, 5.74) is 6.33. The minimum absolute atomic E-state index is 0.00201. The van der Waals surface area contributed by atoms with Crippen LogP contribution in [0, 0.1) is 11.8 Å². The number of hydrogen-bond donors (Lipinski definition) is 1. The van der Waals surface area contributed by atoms with Crippen LogP contribution in [0.25, 0.3) is 0 Å². The standard InChI is InChI=1S/C25H28N2O/c28-25(16-6-2-1-3-7-16)26-19-12-22-20-10-4-8-17(20)14-27-15-18-9-5-11-21(18)23(13-19)24(22)27/h1-3,6-7,12-13,17-18,20-21H,4-5,8-11,14-15H2,(H,26,28)/t17-,18-,20-,21-/m1/s1. The molecule has 3 heteroatoms. The van der Waals surface area contributed by atoms with E-state index in [1.807, 2.05) is 30.3 Å². The van der Waals surface area contributed by atoms with Crippen molar-refractivity contribution in [2.75, 3.05) is 23.3 Å². The van der Waals surface area contributed by atoms with Crippen LogP contribution in [-0.2, 0) is 0 Å². The second-order valence-electron chi connectivity index (χ2n) is 9.32. The van der Waals surface area contributed by atoms with Gasteiger partial charge in [-0.2, -0.15) is 0 Å². The Hall–Kier alpha value is -2.29. The number of anilines is 2. The van der Waals surface area contributed by atoms with Crippen LogP contribution in [0.2, 0.25) is 0 Å². The highest BCUT2D eigenvalue weighted by molar-refractivity contribution is 6.04. The van der Waals surface area contributed by atoms with E-state index in [1.54, 1.807) is 5.69 Å². The molecule has 28 heavy (non-hydrogen) atoms. The molecule has 2 aliphatic heterocycles. The first kappa shape index (κ1) is 16.6. The third-order valence-corrected chi connectivity index (χ3v) is 7.81. The average molecular weight is 373 g/mol. The Kier molecular flexibility index (Phi) is 3.78. The van der Waals surface area contributed by atoms with E-state index in [0.29, 0.717) is 11.8 Å². The van der Waals surface area contributed by atoms with E-state index in [1.165, 1.54) is 62.7 Å². The summed E-state index contributed by atoms with van der Waals surface area (Å²) in [4.78, 5) is 15.5. The molecule has 2 fully saturated rings. The van der Waals surface area contributed by atoms with E-state index >= 15 is 0 Å². The van der Waals surface area contributed by atoms with Crippen LogP contribution in [-0.4, -0.2) is 19.0 Å². The summed E-state index contributed by atoms with van der Waals surface area (Å²) in [6.45, 7) is 2.51. The molecule has 2 saturated carbocycles. The minimum Gasteiger partial charge on any atom is -0.370 e. The van der Waals surface area contributed by atoms with E-state index in [-0.39, 0.29) is 5.91 Å². The highest BCUT2D eigenvalue weighted by Crippen LogP contribution is 2.56. The van der Waals surface area contributed by atoms with Gasteiger partial charge in [0.15, 0.2) is 0 Å². The molecule has 6 rings (SSSR count). The Morgan fingerprint density at radius 2 is 1.46 bits per heavy atom. The van der Waals surface area contributed by atoms with Crippen molar-refractivity contribution in [2.45, 2.75) is 50.4 Å². The Morgan fingerprint density at radius 1 is 0.857 bits per heavy atom. The van der Waals surface area contributed by atoms with Crippen LogP contribution in [0.15, 0.2) is 42.5 Å². The topological polar surface area (TPSA) is 32.3 Å². The average Bonchev–Trinajstić information content (AvgIpc) is 3.38. The molecule has 4 atom stereocenters. The van der Waals surface area contributed by atoms with Crippen molar-refractivity contribution in [3.63, 3.8) is 0 Å². The number of amides is 1. The van der Waals surface area contributed by atoms with E-state index in [4.69, 9.17) is 0 Å². The largest absolute Gasteiger partial charge is 0.370 e. The maximum absolute atomic E-state index is 12.8. The zero-order chi connectivity index (χ0) is 18.7. The maximum atomic E-state index is 12.8. The second-order valence-corrected chi connectivity index (χ2v) is 9.32. The molecule has 2 aromatic carbocycles. The van der Waals surface area contributed by atoms with Gasteiger partial charge in [-0.05, 0) is 84.7 Å². The molecule has 0 bridgehead atoms. The predicted molar refractivity (Wildman–Crippen MR) is 113 cm³/mol. The molecule has 1 amide bonds. The molecule has 0 unspecified atom stereocenters. The smallest absolute Gasteiger partial charge is 0.255 e. The van der Waals surface area contributed by atoms with E-state index in [0.717, 1.165) is 23.1 Å². The first-order chi connectivity index (χ1) is 13.8. The van der Waals surface area contributed by atoms with Gasteiger partial charge in [-0.15, -0.1) is 0 Å². The van der Waals surface area contributed by atoms with Crippen molar-refractivity contribution >= 4 is 17.3 Å². The van der Waals surface area contributed by atoms with Gasteiger partial charge < -0.3 is 10.2 Å². The quantitative estimate of drug-likeness (QED) is 0.751. The molecule has 144 valence electrons. The van der Waals surface area contributed by atoms with Crippen molar-refractivity contribution in [3.8, 4) is 0 Å². The van der Waals surface area contributed by atoms with Crippen molar-refractivity contribution in [3.05, 3.63) is 59.2 Å². The van der Waals surface area contributed by atoms with Gasteiger partial charge in [-0.1, -0.05) is 31.0 Å². The molecule has 0 radical (unpaired) electrons. The van der Waals surface area contributed by atoms with Crippen molar-refractivity contribution < 1.29 is 4.79 Å². The number of rotatable bonds is 2. The third-order valence-electron chi connectivity index (χ3n) is 7.81. The van der Waals surface area contributed by atoms with E-state index < -0.39 is 0 Å². The number of nitrogens with zero attached hydrogens (tertiary/aromatic N) is 1. The zero-order valence-electron chi connectivity index (χ0n) is 16.4. The van der Waals surface area contributed by atoms with Crippen LogP contribution in [0.3, 0.4) is 0 Å². The summed E-state index contributed by atoms with van der Waals surface area (Å²) in [6, 6.07) is 14.2. The summed E-state index contributed by atoms with van der Waals surface area (Å²) in [7, 11) is 0. The van der Waals surface area contributed by atoms with Crippen LogP contribution in [0.5, 0.6) is 0 Å². The molecule has 0 saturated heterocycles. The minimum atomic E-state index is 0.00201. The van der Waals surface area contributed by atoms with Crippen LogP contribution >= 0.6 is 0 Å². The molecule has 4 aliphatic rings. The molecule has 0 aromatic heterocycles. The predicted octanol–water partition coefficient (Wildman–Crippen LogP) is 5.54. The molecule has 3 nitrogen and oxygen atoms in total. The first-order valence-corrected chi connectivity index (χ1v) is 11.1. The SMILES string of the molecule is O=C(Nc1cc2c3c(c1)[C@@H]1CCC[C@@H]1CN3C[C@H]1CCC[C@@H]21)c1ccccc1. The van der Waals surface area contributed by atoms with Gasteiger partial charge in [0.2, 0.25) is 0 Å². The summed E-state index contributed by atoms with van der Waals surface area (Å²) in [5.74, 6) is 2.99. The molecule has 2 aliphatic carbocycles. The van der Waals surface area contributed by atoms with E-state index in [2.05, 4.69) is 22.3 Å². The molecule has 0 spiro atoms. The van der Waals surface area contributed by atoms with Crippen LogP contribution in [0.4, 0.5) is 11.4 Å². The van der Waals surface area contributed by atoms with Crippen molar-refractivity contribution in [2.24, 2.45) is 11.8 Å². The molecular formula is C25H28N2O. The number of fused-ring (bicyclic) bond motifs is 4. The Bertz CT molecular complexity index is 876. The number of nitrogens with one attached hydrogen (secondary N) is 1. The molecule has 2 heterocycles. The number of carbonyl (C=O) groups is 1. The first-order valence-electron chi connectivity index (χ1n) is 11.1. The zero-order valence-corrected chi connectivity index (χ0v) is 16.4. The summed E-state index contributed by atoms with van der Waals surface area (Å²) >= 11 is 0. The Morgan fingerprint density at radius 3 is 2.07 bits per heavy atom. The lowest BCUT2D eigenvalue weighted by molar-refractivity contribution is 0.102. The number of benzene rings is 2. The van der Waals surface area contributed by atoms with Crippen LogP contribution < -0.4 is 10.2 Å². The Labute approximate surface area is 167 Å². The highest BCUT2D eigenvalue weighted by Gasteiger charge is 2.44. The maximum Gasteiger partial charge on any atom is 0.255 e. The normalized spacial score (nSPS) is 29.8. The second kappa shape index (κ2) is 6.37. The van der Waals surface area contributed by atoms with Crippen LogP contribution in [0.1, 0.15) is 71.8 Å². The lowest BCUT2D eigenvalue weighted by Gasteiger charge is -2.46. The highest BCUT2D eigenvalue weighted by atomic mass is 16.1. The Balaban J connectivity index is 1.43. The third kappa shape index (κ3) is 2.52. The number of hydrogen-bond acceptors (Lipinski definition) is 2. The molecule has 1 N–H and O–H groups in total. The van der Waals surface area contributed by atoms with Crippen molar-refractivity contribution in [1.82, 2.24) is 0 Å². The van der Waals surface area contributed by atoms with Gasteiger partial charge >= 0.3 is 0 Å². The fraction of sp³-hybridized carbons (Fsp3) is 0.480. The lowest BCUT2D eigenvalue weighted by Crippen LogP contribution is -2.43.